The first-order valence-electron chi connectivity index (χ1n) is 2.72. The molecular weight excluding hydrogens is 134 g/mol. The Hall–Kier alpha value is 0.367. The second-order valence-corrected chi connectivity index (χ2v) is 9.65. The predicted molar refractivity (Wildman–Crippen MR) is 45.0 cm³/mol. The van der Waals surface area contributed by atoms with Crippen LogP contribution in [0.2, 0.25) is 19.6 Å². The van der Waals surface area contributed by atoms with E-state index in [4.69, 9.17) is 0 Å². The summed E-state index contributed by atoms with van der Waals surface area (Å²) in [5, 5.41) is 0. The van der Waals surface area contributed by atoms with Crippen molar-refractivity contribution in [3.8, 4) is 0 Å². The molecule has 0 aliphatic carbocycles. The lowest BCUT2D eigenvalue weighted by molar-refractivity contribution is 1.60. The molecule has 0 atom stereocenters. The third kappa shape index (κ3) is 6.37. The van der Waals surface area contributed by atoms with Gasteiger partial charge in [0, 0.05) is 0 Å². The maximum Gasteiger partial charge on any atom is 0.181 e. The zero-order chi connectivity index (χ0) is 6.78. The van der Waals surface area contributed by atoms with Gasteiger partial charge in [-0.2, -0.15) is 0 Å². The maximum atomic E-state index is 4.58. The lowest BCUT2D eigenvalue weighted by Gasteiger charge is -2.08. The van der Waals surface area contributed by atoms with Gasteiger partial charge in [-0.25, -0.2) is 0 Å². The molecule has 0 aromatic rings. The minimum Gasteiger partial charge on any atom is -0.304 e. The van der Waals surface area contributed by atoms with Crippen molar-refractivity contribution in [3.05, 3.63) is 0 Å². The van der Waals surface area contributed by atoms with E-state index in [0.29, 0.717) is 10.7 Å². The fourth-order valence-corrected chi connectivity index (χ4v) is 4.93. The van der Waals surface area contributed by atoms with Crippen LogP contribution in [0.25, 0.3) is 0 Å². The highest BCUT2D eigenvalue weighted by Crippen LogP contribution is 2.02. The summed E-state index contributed by atoms with van der Waals surface area (Å²) in [7, 11) is -0.781. The second kappa shape index (κ2) is 2.78. The van der Waals surface area contributed by atoms with Gasteiger partial charge in [0.05, 0.1) is 0 Å². The maximum absolute atomic E-state index is 4.58. The minimum absolute atomic E-state index is 0.302. The van der Waals surface area contributed by atoms with E-state index in [-0.39, 0.29) is 0 Å². The van der Waals surface area contributed by atoms with Gasteiger partial charge in [-0.3, -0.25) is 0 Å². The average Bonchev–Trinajstić information content (AvgIpc) is 1.21. The third-order valence-electron chi connectivity index (χ3n) is 0.456. The third-order valence-corrected chi connectivity index (χ3v) is 4.11. The summed E-state index contributed by atoms with van der Waals surface area (Å²) in [5.74, 6) is 0. The molecule has 0 rings (SSSR count). The van der Waals surface area contributed by atoms with Crippen molar-refractivity contribution in [2.75, 3.05) is 12.5 Å². The molecular formula is C5H15NSSi. The normalized spacial score (nSPS) is 12.2. The summed E-state index contributed by atoms with van der Waals surface area (Å²) in [6.45, 7) is 6.79. The van der Waals surface area contributed by atoms with Gasteiger partial charge >= 0.3 is 0 Å². The molecule has 0 unspecified atom stereocenters. The van der Waals surface area contributed by atoms with Gasteiger partial charge in [-0.05, 0) is 32.2 Å². The van der Waals surface area contributed by atoms with Gasteiger partial charge in [0.15, 0.2) is 8.24 Å². The molecule has 50 valence electrons. The zero-order valence-corrected chi connectivity index (χ0v) is 8.17. The Bertz CT molecular complexity index is 99.5. The van der Waals surface area contributed by atoms with E-state index in [1.54, 1.807) is 0 Å². The Morgan fingerprint density at radius 3 is 1.50 bits per heavy atom. The molecule has 0 saturated carbocycles. The summed E-state index contributed by atoms with van der Waals surface area (Å²) in [5.41, 5.74) is 0. The predicted octanol–water partition coefficient (Wildman–Crippen LogP) is 1.88. The molecule has 3 heteroatoms. The van der Waals surface area contributed by atoms with Gasteiger partial charge in [0.25, 0.3) is 0 Å². The SMILES string of the molecule is CS(C)=N[Si](C)(C)C. The Morgan fingerprint density at radius 2 is 1.50 bits per heavy atom. The van der Waals surface area contributed by atoms with Crippen molar-refractivity contribution in [2.24, 2.45) is 4.03 Å². The second-order valence-electron chi connectivity index (χ2n) is 3.04. The highest BCUT2D eigenvalue weighted by Gasteiger charge is 2.09. The molecule has 0 aliphatic rings. The lowest BCUT2D eigenvalue weighted by Crippen LogP contribution is -2.16. The summed E-state index contributed by atoms with van der Waals surface area (Å²) < 4.78 is 4.58. The van der Waals surface area contributed by atoms with Crippen molar-refractivity contribution >= 4 is 18.9 Å². The molecule has 0 heterocycles. The number of hydrogen-bond acceptors (Lipinski definition) is 1. The molecule has 1 nitrogen and oxygen atoms in total. The zero-order valence-electron chi connectivity index (χ0n) is 6.36. The fourth-order valence-electron chi connectivity index (χ4n) is 0.548. The molecule has 0 aliphatic heterocycles. The van der Waals surface area contributed by atoms with Crippen molar-refractivity contribution in [1.29, 1.82) is 0 Å². The number of rotatable bonds is 1. The van der Waals surface area contributed by atoms with Crippen LogP contribution in [-0.2, 0) is 10.7 Å². The molecule has 0 amide bonds. The van der Waals surface area contributed by atoms with Crippen LogP contribution in [0.15, 0.2) is 4.03 Å². The largest absolute Gasteiger partial charge is 0.304 e. The smallest absolute Gasteiger partial charge is 0.181 e. The molecule has 8 heavy (non-hydrogen) atoms. The number of nitrogens with zero attached hydrogens (tertiary/aromatic N) is 1. The summed E-state index contributed by atoms with van der Waals surface area (Å²) in [6, 6.07) is 0. The molecule has 0 bridgehead atoms. The Balaban J connectivity index is 3.89. The minimum atomic E-state index is -1.08. The molecule has 0 aromatic heterocycles. The van der Waals surface area contributed by atoms with Crippen LogP contribution in [0.5, 0.6) is 0 Å². The van der Waals surface area contributed by atoms with Crippen LogP contribution in [0.3, 0.4) is 0 Å². The highest BCUT2D eigenvalue weighted by molar-refractivity contribution is 7.86. The first-order chi connectivity index (χ1) is 3.42. The van der Waals surface area contributed by atoms with Crippen molar-refractivity contribution < 1.29 is 0 Å². The summed E-state index contributed by atoms with van der Waals surface area (Å²) in [4.78, 5) is 0. The van der Waals surface area contributed by atoms with Crippen molar-refractivity contribution in [1.82, 2.24) is 0 Å². The molecule has 0 fully saturated rings. The first kappa shape index (κ1) is 8.37. The lowest BCUT2D eigenvalue weighted by atomic mass is 11.8. The van der Waals surface area contributed by atoms with E-state index < -0.39 is 8.24 Å². The van der Waals surface area contributed by atoms with Crippen LogP contribution in [0.4, 0.5) is 0 Å². The van der Waals surface area contributed by atoms with Crippen LogP contribution < -0.4 is 0 Å². The quantitative estimate of drug-likeness (QED) is 0.505. The van der Waals surface area contributed by atoms with Crippen LogP contribution >= 0.6 is 0 Å². The van der Waals surface area contributed by atoms with E-state index in [1.165, 1.54) is 0 Å². The van der Waals surface area contributed by atoms with E-state index >= 15 is 0 Å². The van der Waals surface area contributed by atoms with E-state index in [1.807, 2.05) is 0 Å². The molecule has 0 N–H and O–H groups in total. The Kier molecular flexibility index (Phi) is 2.91. The topological polar surface area (TPSA) is 12.4 Å². The Morgan fingerprint density at radius 1 is 1.12 bits per heavy atom. The average molecular weight is 149 g/mol. The van der Waals surface area contributed by atoms with E-state index in [2.05, 4.69) is 36.2 Å². The van der Waals surface area contributed by atoms with Crippen molar-refractivity contribution in [2.45, 2.75) is 19.6 Å². The van der Waals surface area contributed by atoms with Gasteiger partial charge in [0.1, 0.15) is 0 Å². The fraction of sp³-hybridized carbons (Fsp3) is 1.00. The summed E-state index contributed by atoms with van der Waals surface area (Å²) in [6.07, 6.45) is 4.33. The van der Waals surface area contributed by atoms with Gasteiger partial charge in [-0.15, -0.1) is 10.7 Å². The van der Waals surface area contributed by atoms with Crippen LogP contribution in [-0.4, -0.2) is 20.7 Å². The van der Waals surface area contributed by atoms with Gasteiger partial charge in [0.2, 0.25) is 0 Å². The van der Waals surface area contributed by atoms with Crippen LogP contribution in [0, 0.1) is 0 Å². The van der Waals surface area contributed by atoms with Crippen LogP contribution in [0.1, 0.15) is 0 Å². The van der Waals surface area contributed by atoms with Crippen molar-refractivity contribution in [3.63, 3.8) is 0 Å². The standard InChI is InChI=1S/C5H15NSSi/c1-7(2)6-8(3,4)5/h1-5H3. The Labute approximate surface area is 55.7 Å². The first-order valence-corrected chi connectivity index (χ1v) is 8.17. The molecule has 0 radical (unpaired) electrons. The van der Waals surface area contributed by atoms with E-state index in [9.17, 15) is 0 Å². The monoisotopic (exact) mass is 149 g/mol. The van der Waals surface area contributed by atoms with E-state index in [0.717, 1.165) is 0 Å². The highest BCUT2D eigenvalue weighted by atomic mass is 32.2. The molecule has 0 aromatic carbocycles. The van der Waals surface area contributed by atoms with Gasteiger partial charge in [-0.1, -0.05) is 0 Å². The molecule has 0 spiro atoms. The number of hydrogen-bond donors (Lipinski definition) is 0. The molecule has 0 saturated heterocycles. The van der Waals surface area contributed by atoms with Gasteiger partial charge < -0.3 is 4.03 Å². The summed E-state index contributed by atoms with van der Waals surface area (Å²) >= 11 is 0.